The molecule has 2 amide bonds. The van der Waals surface area contributed by atoms with Crippen molar-refractivity contribution in [3.63, 3.8) is 0 Å². The van der Waals surface area contributed by atoms with Crippen molar-refractivity contribution < 1.29 is 9.59 Å². The second-order valence-electron chi connectivity index (χ2n) is 7.66. The van der Waals surface area contributed by atoms with Crippen LogP contribution in [-0.2, 0) is 22.4 Å². The lowest BCUT2D eigenvalue weighted by atomic mass is 10.0. The normalized spacial score (nSPS) is 18.9. The van der Waals surface area contributed by atoms with Crippen molar-refractivity contribution in [3.05, 3.63) is 77.9 Å². The summed E-state index contributed by atoms with van der Waals surface area (Å²) in [6, 6.07) is 18.0. The van der Waals surface area contributed by atoms with Gasteiger partial charge >= 0.3 is 0 Å². The van der Waals surface area contributed by atoms with Crippen LogP contribution in [0.15, 0.2) is 66.7 Å². The average molecular weight is 389 g/mol. The first kappa shape index (κ1) is 19.4. The topological polar surface area (TPSA) is 61.4 Å². The van der Waals surface area contributed by atoms with E-state index in [1.165, 1.54) is 11.1 Å². The van der Waals surface area contributed by atoms with E-state index in [0.717, 1.165) is 37.9 Å². The summed E-state index contributed by atoms with van der Waals surface area (Å²) in [4.78, 5) is 27.0. The molecule has 5 nitrogen and oxygen atoms in total. The van der Waals surface area contributed by atoms with Gasteiger partial charge in [0, 0.05) is 24.4 Å². The van der Waals surface area contributed by atoms with Crippen LogP contribution in [-0.4, -0.2) is 37.0 Å². The predicted octanol–water partition coefficient (Wildman–Crippen LogP) is 2.61. The van der Waals surface area contributed by atoms with Gasteiger partial charge in [0.05, 0.1) is 6.04 Å². The zero-order valence-corrected chi connectivity index (χ0v) is 16.5. The molecule has 2 atom stereocenters. The van der Waals surface area contributed by atoms with Gasteiger partial charge in [-0.3, -0.25) is 9.59 Å². The molecule has 2 aliphatic rings. The summed E-state index contributed by atoms with van der Waals surface area (Å²) in [5.41, 5.74) is 3.42. The lowest BCUT2D eigenvalue weighted by Crippen LogP contribution is -2.54. The van der Waals surface area contributed by atoms with Crippen LogP contribution < -0.4 is 15.5 Å². The molecule has 2 N–H and O–H groups in total. The quantitative estimate of drug-likeness (QED) is 0.716. The maximum Gasteiger partial charge on any atom is 0.250 e. The summed E-state index contributed by atoms with van der Waals surface area (Å²) in [6.45, 7) is 1.59. The molecule has 2 aliphatic heterocycles. The van der Waals surface area contributed by atoms with Crippen LogP contribution >= 0.6 is 0 Å². The molecular formula is C24H27N3O2. The first-order chi connectivity index (χ1) is 14.2. The van der Waals surface area contributed by atoms with Gasteiger partial charge in [-0.1, -0.05) is 54.6 Å². The van der Waals surface area contributed by atoms with Gasteiger partial charge < -0.3 is 15.5 Å². The summed E-state index contributed by atoms with van der Waals surface area (Å²) in [6.07, 6.45) is 6.81. The third kappa shape index (κ3) is 4.74. The zero-order chi connectivity index (χ0) is 20.1. The summed E-state index contributed by atoms with van der Waals surface area (Å²) < 4.78 is 0. The van der Waals surface area contributed by atoms with E-state index in [2.05, 4.69) is 28.8 Å². The van der Waals surface area contributed by atoms with Crippen LogP contribution in [0, 0.1) is 0 Å². The molecule has 150 valence electrons. The van der Waals surface area contributed by atoms with Gasteiger partial charge in [-0.2, -0.15) is 0 Å². The predicted molar refractivity (Wildman–Crippen MR) is 115 cm³/mol. The van der Waals surface area contributed by atoms with Gasteiger partial charge in [0.1, 0.15) is 0 Å². The first-order valence-corrected chi connectivity index (χ1v) is 10.4. The van der Waals surface area contributed by atoms with Gasteiger partial charge in [0.15, 0.2) is 0 Å². The van der Waals surface area contributed by atoms with E-state index in [4.69, 9.17) is 0 Å². The van der Waals surface area contributed by atoms with Crippen LogP contribution in [0.3, 0.4) is 0 Å². The molecule has 0 aromatic heterocycles. The van der Waals surface area contributed by atoms with E-state index in [9.17, 15) is 9.59 Å². The Bertz CT molecular complexity index is 890. The number of hydrogen-bond acceptors (Lipinski definition) is 3. The van der Waals surface area contributed by atoms with Gasteiger partial charge in [-0.25, -0.2) is 0 Å². The number of para-hydroxylation sites is 1. The second kappa shape index (κ2) is 9.05. The lowest BCUT2D eigenvalue weighted by Gasteiger charge is -2.28. The van der Waals surface area contributed by atoms with Crippen molar-refractivity contribution in [2.75, 3.05) is 18.0 Å². The Hall–Kier alpha value is -2.92. The SMILES string of the molecule is O=C(N[C@H](C=CC(=O)N1CCc2ccccc21)CCc1ccccc1)[C@@H]1CCN1. The van der Waals surface area contributed by atoms with E-state index >= 15 is 0 Å². The summed E-state index contributed by atoms with van der Waals surface area (Å²) in [7, 11) is 0. The standard InChI is InChI=1S/C24H27N3O2/c28-23(27-17-15-19-8-4-5-9-22(19)27)13-12-20(26-24(29)21-14-16-25-21)11-10-18-6-2-1-3-7-18/h1-9,12-13,20-21,25H,10-11,14-17H2,(H,26,29)/t20-,21-/m0/s1. The fraction of sp³-hybridized carbons (Fsp3) is 0.333. The Kier molecular flexibility index (Phi) is 6.06. The number of amides is 2. The van der Waals surface area contributed by atoms with Gasteiger partial charge in [-0.05, 0) is 49.4 Å². The summed E-state index contributed by atoms with van der Waals surface area (Å²) >= 11 is 0. The Morgan fingerprint density at radius 2 is 1.90 bits per heavy atom. The van der Waals surface area contributed by atoms with Crippen LogP contribution in [0.4, 0.5) is 5.69 Å². The molecule has 0 unspecified atom stereocenters. The molecule has 0 aliphatic carbocycles. The average Bonchev–Trinajstić information content (AvgIpc) is 3.13. The van der Waals surface area contributed by atoms with Crippen LogP contribution in [0.2, 0.25) is 0 Å². The van der Waals surface area contributed by atoms with Crippen LogP contribution in [0.5, 0.6) is 0 Å². The largest absolute Gasteiger partial charge is 0.349 e. The number of fused-ring (bicyclic) bond motifs is 1. The van der Waals surface area contributed by atoms with Crippen molar-refractivity contribution in [2.24, 2.45) is 0 Å². The van der Waals surface area contributed by atoms with Gasteiger partial charge in [0.25, 0.3) is 5.91 Å². The van der Waals surface area contributed by atoms with E-state index < -0.39 is 0 Å². The molecular weight excluding hydrogens is 362 g/mol. The minimum Gasteiger partial charge on any atom is -0.349 e. The van der Waals surface area contributed by atoms with E-state index in [0.29, 0.717) is 6.54 Å². The molecule has 0 saturated carbocycles. The third-order valence-electron chi connectivity index (χ3n) is 5.68. The molecule has 2 heterocycles. The summed E-state index contributed by atoms with van der Waals surface area (Å²) in [5.74, 6) is -0.0198. The number of carbonyl (C=O) groups excluding carboxylic acids is 2. The number of aryl methyl sites for hydroxylation is 1. The van der Waals surface area contributed by atoms with Gasteiger partial charge in [-0.15, -0.1) is 0 Å². The van der Waals surface area contributed by atoms with E-state index in [-0.39, 0.29) is 23.9 Å². The highest BCUT2D eigenvalue weighted by Gasteiger charge is 2.26. The highest BCUT2D eigenvalue weighted by Crippen LogP contribution is 2.27. The smallest absolute Gasteiger partial charge is 0.250 e. The number of nitrogens with one attached hydrogen (secondary N) is 2. The highest BCUT2D eigenvalue weighted by atomic mass is 16.2. The highest BCUT2D eigenvalue weighted by molar-refractivity contribution is 6.03. The Morgan fingerprint density at radius 3 is 2.66 bits per heavy atom. The maximum absolute atomic E-state index is 12.8. The molecule has 1 fully saturated rings. The fourth-order valence-corrected chi connectivity index (χ4v) is 3.83. The van der Waals surface area contributed by atoms with Crippen molar-refractivity contribution >= 4 is 17.5 Å². The minimum atomic E-state index is -0.174. The van der Waals surface area contributed by atoms with Gasteiger partial charge in [0.2, 0.25) is 5.91 Å². The number of hydrogen-bond donors (Lipinski definition) is 2. The monoisotopic (exact) mass is 389 g/mol. The lowest BCUT2D eigenvalue weighted by molar-refractivity contribution is -0.125. The first-order valence-electron chi connectivity index (χ1n) is 10.4. The molecule has 2 aromatic carbocycles. The Morgan fingerprint density at radius 1 is 1.14 bits per heavy atom. The molecule has 0 spiro atoms. The van der Waals surface area contributed by atoms with Crippen molar-refractivity contribution in [3.8, 4) is 0 Å². The van der Waals surface area contributed by atoms with Crippen LogP contribution in [0.25, 0.3) is 0 Å². The molecule has 2 aromatic rings. The van der Waals surface area contributed by atoms with Crippen molar-refractivity contribution in [2.45, 2.75) is 37.8 Å². The maximum atomic E-state index is 12.8. The zero-order valence-electron chi connectivity index (χ0n) is 16.5. The van der Waals surface area contributed by atoms with Crippen molar-refractivity contribution in [1.82, 2.24) is 10.6 Å². The van der Waals surface area contributed by atoms with E-state index in [1.54, 1.807) is 6.08 Å². The third-order valence-corrected chi connectivity index (χ3v) is 5.68. The second-order valence-corrected chi connectivity index (χ2v) is 7.66. The molecule has 4 rings (SSSR count). The molecule has 0 bridgehead atoms. The Balaban J connectivity index is 1.42. The number of anilines is 1. The number of benzene rings is 2. The number of rotatable bonds is 7. The molecule has 1 saturated heterocycles. The molecule has 29 heavy (non-hydrogen) atoms. The molecule has 5 heteroatoms. The van der Waals surface area contributed by atoms with Crippen LogP contribution in [0.1, 0.15) is 24.0 Å². The van der Waals surface area contributed by atoms with Crippen molar-refractivity contribution in [1.29, 1.82) is 0 Å². The minimum absolute atomic E-state index is 0.0120. The Labute approximate surface area is 171 Å². The molecule has 0 radical (unpaired) electrons. The number of nitrogens with zero attached hydrogens (tertiary/aromatic N) is 1. The number of carbonyl (C=O) groups is 2. The summed E-state index contributed by atoms with van der Waals surface area (Å²) in [5, 5.41) is 6.23. The fourth-order valence-electron chi connectivity index (χ4n) is 3.83. The van der Waals surface area contributed by atoms with E-state index in [1.807, 2.05) is 47.4 Å².